The number of nitriles is 1. The van der Waals surface area contributed by atoms with Crippen molar-refractivity contribution in [3.05, 3.63) is 40.3 Å². The monoisotopic (exact) mass is 408 g/mol. The predicted octanol–water partition coefficient (Wildman–Crippen LogP) is 4.42. The maximum atomic E-state index is 13.5. The summed E-state index contributed by atoms with van der Waals surface area (Å²) >= 11 is 1.97. The van der Waals surface area contributed by atoms with E-state index in [1.54, 1.807) is 31.2 Å². The van der Waals surface area contributed by atoms with E-state index in [0.717, 1.165) is 27.7 Å². The fourth-order valence-corrected chi connectivity index (χ4v) is 4.62. The number of nitrogens with two attached hydrogens (primary N) is 1. The van der Waals surface area contributed by atoms with Crippen molar-refractivity contribution in [1.82, 2.24) is 9.55 Å². The van der Waals surface area contributed by atoms with E-state index in [1.165, 1.54) is 0 Å². The number of hydrogen-bond acceptors (Lipinski definition) is 7. The number of thiophene rings is 1. The lowest BCUT2D eigenvalue weighted by atomic mass is 10.2. The van der Waals surface area contributed by atoms with E-state index in [4.69, 9.17) is 10.5 Å². The van der Waals surface area contributed by atoms with Crippen LogP contribution in [0.25, 0.3) is 11.0 Å². The molecule has 0 saturated heterocycles. The second kappa shape index (κ2) is 7.94. The predicted molar refractivity (Wildman–Crippen MR) is 99.9 cm³/mol. The number of imidazole rings is 1. The van der Waals surface area contributed by atoms with Gasteiger partial charge in [0.2, 0.25) is 0 Å². The number of alkyl halides is 2. The SMILES string of the molecule is CCOC(=O)c1sc(N)c(C#N)c1CSc1nc2ccccc2n1C(F)F. The number of nitrogen functional groups attached to an aromatic ring is 1. The molecule has 0 aliphatic carbocycles. The quantitative estimate of drug-likeness (QED) is 0.479. The Hall–Kier alpha value is -2.64. The zero-order chi connectivity index (χ0) is 19.6. The van der Waals surface area contributed by atoms with Crippen LogP contribution in [-0.2, 0) is 10.5 Å². The van der Waals surface area contributed by atoms with Gasteiger partial charge in [0.15, 0.2) is 5.16 Å². The van der Waals surface area contributed by atoms with Gasteiger partial charge in [-0.05, 0) is 19.1 Å². The van der Waals surface area contributed by atoms with Crippen LogP contribution in [0.1, 0.15) is 34.3 Å². The molecule has 0 saturated carbocycles. The average molecular weight is 408 g/mol. The van der Waals surface area contributed by atoms with Gasteiger partial charge in [-0.3, -0.25) is 4.57 Å². The number of hydrogen-bond donors (Lipinski definition) is 1. The number of rotatable bonds is 6. The van der Waals surface area contributed by atoms with E-state index >= 15 is 0 Å². The number of thioether (sulfide) groups is 1. The highest BCUT2D eigenvalue weighted by atomic mass is 32.2. The third-order valence-electron chi connectivity index (χ3n) is 3.71. The number of carbonyl (C=O) groups excluding carboxylic acids is 1. The number of esters is 1. The van der Waals surface area contributed by atoms with Gasteiger partial charge in [-0.15, -0.1) is 11.3 Å². The second-order valence-corrected chi connectivity index (χ2v) is 7.30. The molecule has 0 bridgehead atoms. The number of benzene rings is 1. The summed E-state index contributed by atoms with van der Waals surface area (Å²) in [5, 5.41) is 9.64. The van der Waals surface area contributed by atoms with Crippen molar-refractivity contribution >= 4 is 45.1 Å². The summed E-state index contributed by atoms with van der Waals surface area (Å²) in [6.45, 7) is -0.932. The molecular formula is C17H14F2N4O2S2. The highest BCUT2D eigenvalue weighted by molar-refractivity contribution is 7.98. The minimum Gasteiger partial charge on any atom is -0.462 e. The Morgan fingerprint density at radius 3 is 2.89 bits per heavy atom. The topological polar surface area (TPSA) is 93.9 Å². The lowest BCUT2D eigenvalue weighted by Gasteiger charge is -2.08. The minimum atomic E-state index is -2.77. The lowest BCUT2D eigenvalue weighted by Crippen LogP contribution is -2.06. The van der Waals surface area contributed by atoms with Crippen LogP contribution in [0, 0.1) is 11.3 Å². The fourth-order valence-electron chi connectivity index (χ4n) is 2.56. The van der Waals surface area contributed by atoms with Crippen LogP contribution in [0.5, 0.6) is 0 Å². The summed E-state index contributed by atoms with van der Waals surface area (Å²) < 4.78 is 32.9. The molecule has 0 fully saturated rings. The van der Waals surface area contributed by atoms with Crippen LogP contribution in [0.3, 0.4) is 0 Å². The molecule has 27 heavy (non-hydrogen) atoms. The maximum Gasteiger partial charge on any atom is 0.348 e. The first-order valence-corrected chi connectivity index (χ1v) is 9.64. The molecule has 6 nitrogen and oxygen atoms in total. The zero-order valence-electron chi connectivity index (χ0n) is 14.1. The Bertz CT molecular complexity index is 1040. The van der Waals surface area contributed by atoms with Gasteiger partial charge in [-0.2, -0.15) is 14.0 Å². The van der Waals surface area contributed by atoms with Crippen LogP contribution < -0.4 is 5.73 Å². The summed E-state index contributed by atoms with van der Waals surface area (Å²) in [6, 6.07) is 8.55. The molecule has 140 valence electrons. The van der Waals surface area contributed by atoms with Crippen molar-refractivity contribution in [2.24, 2.45) is 0 Å². The first kappa shape index (κ1) is 19.1. The number of nitrogens with zero attached hydrogens (tertiary/aromatic N) is 3. The summed E-state index contributed by atoms with van der Waals surface area (Å²) in [7, 11) is 0. The molecule has 2 heterocycles. The molecular weight excluding hydrogens is 394 g/mol. The molecule has 0 aliphatic rings. The van der Waals surface area contributed by atoms with Crippen molar-refractivity contribution in [3.8, 4) is 6.07 Å². The minimum absolute atomic E-state index is 0.0841. The van der Waals surface area contributed by atoms with Gasteiger partial charge in [0, 0.05) is 11.3 Å². The Morgan fingerprint density at radius 2 is 2.22 bits per heavy atom. The number of fused-ring (bicyclic) bond motifs is 1. The molecule has 10 heteroatoms. The van der Waals surface area contributed by atoms with Gasteiger partial charge in [-0.25, -0.2) is 9.78 Å². The van der Waals surface area contributed by atoms with E-state index in [1.807, 2.05) is 6.07 Å². The Labute approximate surface area is 161 Å². The van der Waals surface area contributed by atoms with Gasteiger partial charge in [0.25, 0.3) is 0 Å². The van der Waals surface area contributed by atoms with E-state index in [9.17, 15) is 18.8 Å². The van der Waals surface area contributed by atoms with Crippen LogP contribution in [0.4, 0.5) is 13.8 Å². The van der Waals surface area contributed by atoms with Crippen LogP contribution in [-0.4, -0.2) is 22.1 Å². The molecule has 2 aromatic heterocycles. The number of carbonyl (C=O) groups is 1. The smallest absolute Gasteiger partial charge is 0.348 e. The molecule has 3 aromatic rings. The maximum absolute atomic E-state index is 13.5. The Morgan fingerprint density at radius 1 is 1.48 bits per heavy atom. The van der Waals surface area contributed by atoms with Crippen molar-refractivity contribution in [3.63, 3.8) is 0 Å². The largest absolute Gasteiger partial charge is 0.462 e. The third-order valence-corrected chi connectivity index (χ3v) is 5.73. The van der Waals surface area contributed by atoms with Crippen LogP contribution in [0.15, 0.2) is 29.4 Å². The third kappa shape index (κ3) is 3.61. The highest BCUT2D eigenvalue weighted by Crippen LogP contribution is 2.37. The van der Waals surface area contributed by atoms with Crippen molar-refractivity contribution in [2.75, 3.05) is 12.3 Å². The van der Waals surface area contributed by atoms with E-state index in [-0.39, 0.29) is 33.0 Å². The Balaban J connectivity index is 1.98. The first-order valence-electron chi connectivity index (χ1n) is 7.84. The number of anilines is 1. The number of halogens is 2. The van der Waals surface area contributed by atoms with Crippen molar-refractivity contribution in [2.45, 2.75) is 24.4 Å². The van der Waals surface area contributed by atoms with E-state index in [0.29, 0.717) is 16.6 Å². The van der Waals surface area contributed by atoms with E-state index in [2.05, 4.69) is 4.98 Å². The number of ether oxygens (including phenoxy) is 1. The lowest BCUT2D eigenvalue weighted by molar-refractivity contribution is 0.0530. The fraction of sp³-hybridized carbons (Fsp3) is 0.235. The van der Waals surface area contributed by atoms with Gasteiger partial charge in [0.1, 0.15) is 15.9 Å². The zero-order valence-corrected chi connectivity index (χ0v) is 15.7. The summed E-state index contributed by atoms with van der Waals surface area (Å²) in [5.41, 5.74) is 7.12. The van der Waals surface area contributed by atoms with Crippen molar-refractivity contribution in [1.29, 1.82) is 5.26 Å². The average Bonchev–Trinajstić information content (AvgIpc) is 3.16. The summed E-state index contributed by atoms with van der Waals surface area (Å²) in [4.78, 5) is 16.6. The molecule has 0 spiro atoms. The molecule has 1 aromatic carbocycles. The van der Waals surface area contributed by atoms with Gasteiger partial charge in [0.05, 0.1) is 23.2 Å². The van der Waals surface area contributed by atoms with Crippen LogP contribution >= 0.6 is 23.1 Å². The standard InChI is InChI=1S/C17H14F2N4O2S2/c1-2-25-15(24)13-10(9(7-20)14(21)27-13)8-26-17-22-11-5-3-4-6-12(11)23(17)16(18)19/h3-6,16H,2,8,21H2,1H3. The molecule has 3 rings (SSSR count). The molecule has 2 N–H and O–H groups in total. The van der Waals surface area contributed by atoms with Crippen molar-refractivity contribution < 1.29 is 18.3 Å². The van der Waals surface area contributed by atoms with E-state index < -0.39 is 12.5 Å². The van der Waals surface area contributed by atoms with Gasteiger partial charge >= 0.3 is 12.5 Å². The summed E-state index contributed by atoms with van der Waals surface area (Å²) in [5.74, 6) is -0.505. The normalized spacial score (nSPS) is 11.1. The highest BCUT2D eigenvalue weighted by Gasteiger charge is 2.24. The first-order chi connectivity index (χ1) is 13.0. The molecule has 0 unspecified atom stereocenters. The molecule has 0 amide bonds. The second-order valence-electron chi connectivity index (χ2n) is 5.30. The molecule has 0 aliphatic heterocycles. The molecule has 0 radical (unpaired) electrons. The van der Waals surface area contributed by atoms with Crippen LogP contribution in [0.2, 0.25) is 0 Å². The summed E-state index contributed by atoms with van der Waals surface area (Å²) in [6.07, 6.45) is 0. The van der Waals surface area contributed by atoms with Gasteiger partial charge in [-0.1, -0.05) is 23.9 Å². The van der Waals surface area contributed by atoms with Gasteiger partial charge < -0.3 is 10.5 Å². The Kier molecular flexibility index (Phi) is 5.62. The molecule has 0 atom stereocenters. The number of aromatic nitrogens is 2. The number of para-hydroxylation sites is 2.